The topological polar surface area (TPSA) is 84.1 Å². The Morgan fingerprint density at radius 1 is 1.38 bits per heavy atom. The van der Waals surface area contributed by atoms with Gasteiger partial charge in [-0.2, -0.15) is 5.10 Å². The molecule has 2 aromatic rings. The van der Waals surface area contributed by atoms with Crippen LogP contribution in [0.1, 0.15) is 17.5 Å². The number of hydrogen-bond acceptors (Lipinski definition) is 4. The van der Waals surface area contributed by atoms with Gasteiger partial charge in [-0.3, -0.25) is 5.10 Å². The molecule has 0 spiro atoms. The van der Waals surface area contributed by atoms with E-state index in [1.165, 1.54) is 23.5 Å². The summed E-state index contributed by atoms with van der Waals surface area (Å²) in [6, 6.07) is 5.85. The van der Waals surface area contributed by atoms with Gasteiger partial charge in [-0.1, -0.05) is 6.07 Å². The number of aromatic nitrogens is 2. The molecule has 0 fully saturated rings. The summed E-state index contributed by atoms with van der Waals surface area (Å²) in [7, 11) is -1.86. The molecule has 0 aliphatic heterocycles. The van der Waals surface area contributed by atoms with Crippen LogP contribution in [0.4, 0.5) is 0 Å². The minimum Gasteiger partial charge on any atom is -0.497 e. The van der Waals surface area contributed by atoms with Crippen LogP contribution >= 0.6 is 0 Å². The first kappa shape index (κ1) is 14.1. The van der Waals surface area contributed by atoms with Gasteiger partial charge in [-0.25, -0.2) is 13.1 Å². The van der Waals surface area contributed by atoms with E-state index in [1.54, 1.807) is 7.11 Å². The number of nitrogens with zero attached hydrogens (tertiary/aromatic N) is 1. The van der Waals surface area contributed by atoms with Gasteiger partial charge in [0.25, 0.3) is 0 Å². The largest absolute Gasteiger partial charge is 0.497 e. The second-order valence-electron chi connectivity index (χ2n) is 5.13. The molecule has 112 valence electrons. The summed E-state index contributed by atoms with van der Waals surface area (Å²) in [5.41, 5.74) is 2.40. The van der Waals surface area contributed by atoms with Crippen molar-refractivity contribution in [3.8, 4) is 5.75 Å². The molecule has 21 heavy (non-hydrogen) atoms. The van der Waals surface area contributed by atoms with E-state index in [4.69, 9.17) is 4.74 Å². The van der Waals surface area contributed by atoms with Gasteiger partial charge in [0.1, 0.15) is 10.6 Å². The van der Waals surface area contributed by atoms with Gasteiger partial charge in [-0.15, -0.1) is 0 Å². The Labute approximate surface area is 123 Å². The van der Waals surface area contributed by atoms with Crippen LogP contribution < -0.4 is 9.46 Å². The highest BCUT2D eigenvalue weighted by Gasteiger charge is 2.25. The summed E-state index contributed by atoms with van der Waals surface area (Å²) in [6.07, 6.45) is 4.99. The van der Waals surface area contributed by atoms with Gasteiger partial charge >= 0.3 is 0 Å². The first-order valence-corrected chi connectivity index (χ1v) is 8.24. The molecule has 1 aromatic carbocycles. The van der Waals surface area contributed by atoms with Crippen LogP contribution in [0.25, 0.3) is 0 Å². The second kappa shape index (κ2) is 5.50. The normalized spacial score (nSPS) is 18.2. The fraction of sp³-hybridized carbons (Fsp3) is 0.357. The van der Waals surface area contributed by atoms with E-state index >= 15 is 0 Å². The number of hydrogen-bond donors (Lipinski definition) is 2. The highest BCUT2D eigenvalue weighted by molar-refractivity contribution is 7.89. The van der Waals surface area contributed by atoms with Crippen LogP contribution in [0.5, 0.6) is 5.75 Å². The van der Waals surface area contributed by atoms with E-state index < -0.39 is 10.0 Å². The Balaban J connectivity index is 1.75. The molecule has 1 atom stereocenters. The predicted molar refractivity (Wildman–Crippen MR) is 77.7 cm³/mol. The number of sulfonamides is 1. The van der Waals surface area contributed by atoms with E-state index in [1.807, 2.05) is 18.2 Å². The first-order chi connectivity index (χ1) is 10.1. The Bertz CT molecular complexity index is 726. The number of fused-ring (bicyclic) bond motifs is 1. The molecule has 0 amide bonds. The lowest BCUT2D eigenvalue weighted by Crippen LogP contribution is -2.38. The van der Waals surface area contributed by atoms with Gasteiger partial charge in [0, 0.05) is 12.2 Å². The fourth-order valence-corrected chi connectivity index (χ4v) is 3.81. The van der Waals surface area contributed by atoms with Crippen LogP contribution in [-0.4, -0.2) is 31.8 Å². The molecule has 1 aliphatic carbocycles. The van der Waals surface area contributed by atoms with Crippen molar-refractivity contribution in [3.05, 3.63) is 41.7 Å². The minimum atomic E-state index is -3.50. The number of benzene rings is 1. The van der Waals surface area contributed by atoms with Crippen LogP contribution in [0.3, 0.4) is 0 Å². The third-order valence-corrected chi connectivity index (χ3v) is 5.23. The zero-order valence-electron chi connectivity index (χ0n) is 11.7. The summed E-state index contributed by atoms with van der Waals surface area (Å²) in [5, 5.41) is 6.20. The van der Waals surface area contributed by atoms with Gasteiger partial charge in [-0.05, 0) is 42.5 Å². The summed E-state index contributed by atoms with van der Waals surface area (Å²) in [5.74, 6) is 0.839. The lowest BCUT2D eigenvalue weighted by molar-refractivity contribution is 0.412. The highest BCUT2D eigenvalue weighted by atomic mass is 32.2. The Morgan fingerprint density at radius 2 is 2.24 bits per heavy atom. The van der Waals surface area contributed by atoms with E-state index in [9.17, 15) is 8.42 Å². The van der Waals surface area contributed by atoms with Gasteiger partial charge in [0.2, 0.25) is 10.0 Å². The van der Waals surface area contributed by atoms with Gasteiger partial charge in [0.15, 0.2) is 0 Å². The molecule has 0 bridgehead atoms. The van der Waals surface area contributed by atoms with Crippen LogP contribution in [0, 0.1) is 0 Å². The second-order valence-corrected chi connectivity index (χ2v) is 6.84. The van der Waals surface area contributed by atoms with E-state index in [-0.39, 0.29) is 10.9 Å². The van der Waals surface area contributed by atoms with Crippen LogP contribution in [0.2, 0.25) is 0 Å². The number of ether oxygens (including phenoxy) is 1. The molecule has 1 unspecified atom stereocenters. The average Bonchev–Trinajstić information content (AvgIpc) is 3.01. The van der Waals surface area contributed by atoms with Crippen molar-refractivity contribution >= 4 is 10.0 Å². The molecule has 7 heteroatoms. The van der Waals surface area contributed by atoms with Crippen molar-refractivity contribution in [2.24, 2.45) is 0 Å². The quantitative estimate of drug-likeness (QED) is 0.890. The van der Waals surface area contributed by atoms with E-state index in [2.05, 4.69) is 14.9 Å². The van der Waals surface area contributed by atoms with Crippen molar-refractivity contribution in [2.75, 3.05) is 7.11 Å². The van der Waals surface area contributed by atoms with E-state index in [0.717, 1.165) is 18.6 Å². The standard InChI is InChI=1S/C14H17N3O3S/c1-20-13-5-3-10-6-12(4-2-11(10)7-13)17-21(18,19)14-8-15-16-9-14/h3,5,7-9,12,17H,2,4,6H2,1H3,(H,15,16). The Hall–Kier alpha value is -1.86. The number of rotatable bonds is 4. The molecule has 0 saturated carbocycles. The molecular weight excluding hydrogens is 290 g/mol. The smallest absolute Gasteiger partial charge is 0.243 e. The third-order valence-electron chi connectivity index (χ3n) is 3.75. The van der Waals surface area contributed by atoms with Crippen molar-refractivity contribution < 1.29 is 13.2 Å². The van der Waals surface area contributed by atoms with Crippen LogP contribution in [-0.2, 0) is 22.9 Å². The number of aromatic amines is 1. The first-order valence-electron chi connectivity index (χ1n) is 6.75. The SMILES string of the molecule is COc1ccc2c(c1)CCC(NS(=O)(=O)c1cn[nH]c1)C2. The number of aryl methyl sites for hydroxylation is 1. The molecule has 1 aromatic heterocycles. The molecule has 0 saturated heterocycles. The highest BCUT2D eigenvalue weighted by Crippen LogP contribution is 2.26. The zero-order valence-corrected chi connectivity index (χ0v) is 12.5. The number of H-pyrrole nitrogens is 1. The van der Waals surface area contributed by atoms with Crippen molar-refractivity contribution in [1.29, 1.82) is 0 Å². The lowest BCUT2D eigenvalue weighted by atomic mass is 9.89. The maximum Gasteiger partial charge on any atom is 0.243 e. The predicted octanol–water partition coefficient (Wildman–Crippen LogP) is 1.25. The zero-order chi connectivity index (χ0) is 14.9. The van der Waals surface area contributed by atoms with Crippen molar-refractivity contribution in [3.63, 3.8) is 0 Å². The summed E-state index contributed by atoms with van der Waals surface area (Å²) < 4.78 is 32.3. The number of methoxy groups -OCH3 is 1. The third kappa shape index (κ3) is 2.93. The van der Waals surface area contributed by atoms with Crippen LogP contribution in [0.15, 0.2) is 35.5 Å². The maximum atomic E-state index is 12.2. The minimum absolute atomic E-state index is 0.0919. The maximum absolute atomic E-state index is 12.2. The monoisotopic (exact) mass is 307 g/mol. The Kier molecular flexibility index (Phi) is 3.69. The summed E-state index contributed by atoms with van der Waals surface area (Å²) in [6.45, 7) is 0. The molecule has 1 heterocycles. The number of nitrogens with one attached hydrogen (secondary N) is 2. The van der Waals surface area contributed by atoms with Gasteiger partial charge < -0.3 is 4.74 Å². The van der Waals surface area contributed by atoms with E-state index in [0.29, 0.717) is 6.42 Å². The van der Waals surface area contributed by atoms with Crippen molar-refractivity contribution in [1.82, 2.24) is 14.9 Å². The molecule has 2 N–H and O–H groups in total. The van der Waals surface area contributed by atoms with Crippen molar-refractivity contribution in [2.45, 2.75) is 30.2 Å². The lowest BCUT2D eigenvalue weighted by Gasteiger charge is -2.25. The molecule has 1 aliphatic rings. The molecular formula is C14H17N3O3S. The van der Waals surface area contributed by atoms with Gasteiger partial charge in [0.05, 0.1) is 13.3 Å². The molecule has 3 rings (SSSR count). The summed E-state index contributed by atoms with van der Waals surface area (Å²) >= 11 is 0. The summed E-state index contributed by atoms with van der Waals surface area (Å²) in [4.78, 5) is 0.169. The molecule has 0 radical (unpaired) electrons. The Morgan fingerprint density at radius 3 is 2.95 bits per heavy atom. The fourth-order valence-electron chi connectivity index (χ4n) is 2.63. The average molecular weight is 307 g/mol. The molecule has 6 nitrogen and oxygen atoms in total.